The van der Waals surface area contributed by atoms with Crippen molar-refractivity contribution >= 4 is 0 Å². The maximum Gasteiger partial charge on any atom is 0.0321 e. The molecule has 2 heteroatoms. The summed E-state index contributed by atoms with van der Waals surface area (Å²) in [4.78, 5) is 2.60. The number of hydrogen-bond donors (Lipinski definition) is 1. The van der Waals surface area contributed by atoms with Gasteiger partial charge in [-0.3, -0.25) is 4.90 Å². The summed E-state index contributed by atoms with van der Waals surface area (Å²) in [5, 5.41) is 3.65. The van der Waals surface area contributed by atoms with Gasteiger partial charge in [0.25, 0.3) is 0 Å². The summed E-state index contributed by atoms with van der Waals surface area (Å²) >= 11 is 0. The fourth-order valence-electron chi connectivity index (χ4n) is 2.65. The summed E-state index contributed by atoms with van der Waals surface area (Å²) in [5.74, 6) is 0. The highest BCUT2D eigenvalue weighted by atomic mass is 15.2. The maximum atomic E-state index is 3.65. The van der Waals surface area contributed by atoms with E-state index in [-0.39, 0.29) is 0 Å². The van der Waals surface area contributed by atoms with Gasteiger partial charge in [-0.1, -0.05) is 51.1 Å². The number of nitrogens with zero attached hydrogens (tertiary/aromatic N) is 1. The molecule has 100 valence electrons. The molecule has 2 unspecified atom stereocenters. The lowest BCUT2D eigenvalue weighted by molar-refractivity contribution is 0.104. The van der Waals surface area contributed by atoms with E-state index >= 15 is 0 Å². The molecular formula is C16H26N2. The zero-order valence-electron chi connectivity index (χ0n) is 12.1. The van der Waals surface area contributed by atoms with E-state index < -0.39 is 0 Å². The Labute approximate surface area is 111 Å². The quantitative estimate of drug-likeness (QED) is 0.863. The Kier molecular flexibility index (Phi) is 4.08. The molecule has 0 bridgehead atoms. The monoisotopic (exact) mass is 246 g/mol. The second-order valence-electron chi connectivity index (χ2n) is 6.45. The zero-order valence-corrected chi connectivity index (χ0v) is 12.1. The van der Waals surface area contributed by atoms with Crippen molar-refractivity contribution in [2.75, 3.05) is 19.6 Å². The van der Waals surface area contributed by atoms with Crippen molar-refractivity contribution in [3.8, 4) is 0 Å². The average molecular weight is 246 g/mol. The molecule has 0 radical (unpaired) electrons. The fraction of sp³-hybridized carbons (Fsp3) is 0.625. The van der Waals surface area contributed by atoms with Crippen LogP contribution in [0.1, 0.15) is 39.3 Å². The van der Waals surface area contributed by atoms with Crippen LogP contribution in [0.25, 0.3) is 0 Å². The summed E-state index contributed by atoms with van der Waals surface area (Å²) in [6.45, 7) is 12.7. The van der Waals surface area contributed by atoms with Crippen molar-refractivity contribution in [2.24, 2.45) is 5.41 Å². The van der Waals surface area contributed by atoms with Crippen molar-refractivity contribution in [3.05, 3.63) is 35.9 Å². The standard InChI is InChI=1S/C16H26N2/c1-13(14-8-6-5-7-9-14)18-11-10-17-15(12-18)16(2,3)4/h5-9,13,15,17H,10-12H2,1-4H3. The number of piperazine rings is 1. The van der Waals surface area contributed by atoms with Crippen LogP contribution in [0.15, 0.2) is 30.3 Å². The molecule has 1 N–H and O–H groups in total. The third kappa shape index (κ3) is 3.12. The lowest BCUT2D eigenvalue weighted by atomic mass is 9.85. The molecule has 0 aromatic heterocycles. The fourth-order valence-corrected chi connectivity index (χ4v) is 2.65. The second-order valence-corrected chi connectivity index (χ2v) is 6.45. The van der Waals surface area contributed by atoms with Gasteiger partial charge in [0.05, 0.1) is 0 Å². The minimum atomic E-state index is 0.328. The summed E-state index contributed by atoms with van der Waals surface area (Å²) in [5.41, 5.74) is 1.75. The van der Waals surface area contributed by atoms with Gasteiger partial charge in [0.15, 0.2) is 0 Å². The van der Waals surface area contributed by atoms with E-state index in [1.54, 1.807) is 0 Å². The molecule has 1 fully saturated rings. The molecule has 1 aromatic carbocycles. The van der Waals surface area contributed by atoms with Crippen molar-refractivity contribution in [1.29, 1.82) is 0 Å². The summed E-state index contributed by atoms with van der Waals surface area (Å²) in [6.07, 6.45) is 0. The average Bonchev–Trinajstić information content (AvgIpc) is 2.38. The van der Waals surface area contributed by atoms with Crippen LogP contribution in [-0.4, -0.2) is 30.6 Å². The Hall–Kier alpha value is -0.860. The Bertz CT molecular complexity index is 366. The van der Waals surface area contributed by atoms with Gasteiger partial charge in [-0.15, -0.1) is 0 Å². The molecule has 1 saturated heterocycles. The lowest BCUT2D eigenvalue weighted by Gasteiger charge is -2.43. The second kappa shape index (κ2) is 5.41. The van der Waals surface area contributed by atoms with Gasteiger partial charge in [-0.25, -0.2) is 0 Å². The van der Waals surface area contributed by atoms with Crippen LogP contribution in [0, 0.1) is 5.41 Å². The third-order valence-electron chi connectivity index (χ3n) is 4.08. The van der Waals surface area contributed by atoms with Crippen LogP contribution in [0.3, 0.4) is 0 Å². The highest BCUT2D eigenvalue weighted by molar-refractivity contribution is 5.18. The molecule has 0 aliphatic carbocycles. The lowest BCUT2D eigenvalue weighted by Crippen LogP contribution is -2.56. The van der Waals surface area contributed by atoms with Crippen molar-refractivity contribution < 1.29 is 0 Å². The van der Waals surface area contributed by atoms with E-state index in [0.29, 0.717) is 17.5 Å². The van der Waals surface area contributed by atoms with Gasteiger partial charge in [-0.05, 0) is 17.9 Å². The minimum absolute atomic E-state index is 0.328. The van der Waals surface area contributed by atoms with E-state index in [1.807, 2.05) is 0 Å². The van der Waals surface area contributed by atoms with Crippen molar-refractivity contribution in [3.63, 3.8) is 0 Å². The van der Waals surface area contributed by atoms with Gasteiger partial charge < -0.3 is 5.32 Å². The van der Waals surface area contributed by atoms with E-state index in [4.69, 9.17) is 0 Å². The Morgan fingerprint density at radius 1 is 1.22 bits per heavy atom. The molecule has 2 atom stereocenters. The Morgan fingerprint density at radius 2 is 1.89 bits per heavy atom. The number of hydrogen-bond acceptors (Lipinski definition) is 2. The van der Waals surface area contributed by atoms with Crippen LogP contribution in [0.4, 0.5) is 0 Å². The van der Waals surface area contributed by atoms with Gasteiger partial charge in [0.2, 0.25) is 0 Å². The zero-order chi connectivity index (χ0) is 13.2. The van der Waals surface area contributed by atoms with Gasteiger partial charge >= 0.3 is 0 Å². The molecule has 1 aliphatic rings. The summed E-state index contributed by atoms with van der Waals surface area (Å²) in [6, 6.07) is 11.9. The molecule has 2 nitrogen and oxygen atoms in total. The Balaban J connectivity index is 2.05. The van der Waals surface area contributed by atoms with Crippen LogP contribution < -0.4 is 5.32 Å². The Morgan fingerprint density at radius 3 is 2.50 bits per heavy atom. The van der Waals surface area contributed by atoms with Crippen LogP contribution in [-0.2, 0) is 0 Å². The smallest absolute Gasteiger partial charge is 0.0321 e. The topological polar surface area (TPSA) is 15.3 Å². The molecule has 0 saturated carbocycles. The van der Waals surface area contributed by atoms with Crippen LogP contribution in [0.2, 0.25) is 0 Å². The number of benzene rings is 1. The van der Waals surface area contributed by atoms with Crippen LogP contribution in [0.5, 0.6) is 0 Å². The van der Waals surface area contributed by atoms with Gasteiger partial charge in [0.1, 0.15) is 0 Å². The molecule has 1 aliphatic heterocycles. The molecule has 1 aromatic rings. The van der Waals surface area contributed by atoms with Crippen LogP contribution >= 0.6 is 0 Å². The molecule has 1 heterocycles. The van der Waals surface area contributed by atoms with Crippen molar-refractivity contribution in [1.82, 2.24) is 10.2 Å². The third-order valence-corrected chi connectivity index (χ3v) is 4.08. The molecule has 2 rings (SSSR count). The van der Waals surface area contributed by atoms with E-state index in [0.717, 1.165) is 19.6 Å². The van der Waals surface area contributed by atoms with E-state index in [2.05, 4.69) is 68.2 Å². The molecule has 0 spiro atoms. The first kappa shape index (κ1) is 13.6. The molecule has 18 heavy (non-hydrogen) atoms. The summed E-state index contributed by atoms with van der Waals surface area (Å²) in [7, 11) is 0. The highest BCUT2D eigenvalue weighted by Gasteiger charge is 2.31. The number of rotatable bonds is 2. The predicted molar refractivity (Wildman–Crippen MR) is 77.7 cm³/mol. The first-order valence-corrected chi connectivity index (χ1v) is 7.01. The first-order chi connectivity index (χ1) is 8.48. The summed E-state index contributed by atoms with van der Waals surface area (Å²) < 4.78 is 0. The normalized spacial score (nSPS) is 23.9. The van der Waals surface area contributed by atoms with Gasteiger partial charge in [-0.2, -0.15) is 0 Å². The highest BCUT2D eigenvalue weighted by Crippen LogP contribution is 2.26. The molecule has 0 amide bonds. The first-order valence-electron chi connectivity index (χ1n) is 7.01. The largest absolute Gasteiger partial charge is 0.311 e. The molecular weight excluding hydrogens is 220 g/mol. The minimum Gasteiger partial charge on any atom is -0.311 e. The number of nitrogens with one attached hydrogen (secondary N) is 1. The predicted octanol–water partition coefficient (Wildman–Crippen LogP) is 3.07. The SMILES string of the molecule is CC(c1ccccc1)N1CCNC(C(C)(C)C)C1. The maximum absolute atomic E-state index is 3.65. The van der Waals surface area contributed by atoms with Gasteiger partial charge in [0, 0.05) is 31.7 Å². The van der Waals surface area contributed by atoms with Crippen molar-refractivity contribution in [2.45, 2.75) is 39.8 Å². The van der Waals surface area contributed by atoms with E-state index in [1.165, 1.54) is 5.56 Å². The van der Waals surface area contributed by atoms with E-state index in [9.17, 15) is 0 Å².